The molecule has 0 saturated carbocycles. The van der Waals surface area contributed by atoms with Gasteiger partial charge in [0.25, 0.3) is 0 Å². The quantitative estimate of drug-likeness (QED) is 0.466. The third-order valence-electron chi connectivity index (χ3n) is 3.76. The summed E-state index contributed by atoms with van der Waals surface area (Å²) in [6.07, 6.45) is 2.85. The molecule has 0 aliphatic heterocycles. The fraction of sp³-hybridized carbons (Fsp3) is 0.100. The molecule has 0 bridgehead atoms. The topological polar surface area (TPSA) is 36.7 Å². The monoisotopic (exact) mass is 384 g/mol. The van der Waals surface area contributed by atoms with Crippen molar-refractivity contribution >= 4 is 46.2 Å². The fourth-order valence-electron chi connectivity index (χ4n) is 2.38. The minimum Gasteiger partial charge on any atom is -0.235 e. The molecule has 0 aliphatic carbocycles. The first kappa shape index (κ1) is 17.7. The highest BCUT2D eigenvalue weighted by molar-refractivity contribution is 7.11. The molecule has 0 atom stereocenters. The minimum atomic E-state index is 0.533. The van der Waals surface area contributed by atoms with E-state index < -0.39 is 0 Å². The summed E-state index contributed by atoms with van der Waals surface area (Å²) in [6.45, 7) is 2.12. The Hall–Kier alpha value is -2.12. The zero-order valence-corrected chi connectivity index (χ0v) is 15.8. The zero-order chi connectivity index (χ0) is 17.8. The summed E-state index contributed by atoms with van der Waals surface area (Å²) < 4.78 is 0. The summed E-state index contributed by atoms with van der Waals surface area (Å²) in [4.78, 5) is 4.57. The van der Waals surface area contributed by atoms with Gasteiger partial charge < -0.3 is 0 Å². The minimum absolute atomic E-state index is 0.533. The summed E-state index contributed by atoms with van der Waals surface area (Å²) in [5.41, 5.74) is 4.33. The van der Waals surface area contributed by atoms with Gasteiger partial charge in [-0.25, -0.2) is 4.98 Å². The van der Waals surface area contributed by atoms with Crippen molar-refractivity contribution in [2.45, 2.75) is 13.3 Å². The molecule has 1 heterocycles. The second kappa shape index (κ2) is 7.84. The van der Waals surface area contributed by atoms with Gasteiger partial charge in [0.1, 0.15) is 11.1 Å². The molecular formula is C20H14Cl2N2S. The van der Waals surface area contributed by atoms with E-state index in [2.05, 4.69) is 30.1 Å². The summed E-state index contributed by atoms with van der Waals surface area (Å²) >= 11 is 13.6. The predicted molar refractivity (Wildman–Crippen MR) is 107 cm³/mol. The van der Waals surface area contributed by atoms with E-state index >= 15 is 0 Å². The van der Waals surface area contributed by atoms with Crippen LogP contribution in [-0.2, 0) is 6.42 Å². The van der Waals surface area contributed by atoms with Crippen LogP contribution in [0.2, 0.25) is 10.0 Å². The molecule has 0 N–H and O–H groups in total. The van der Waals surface area contributed by atoms with E-state index in [1.54, 1.807) is 12.1 Å². The first-order valence-electron chi connectivity index (χ1n) is 7.72. The number of hydrogen-bond acceptors (Lipinski definition) is 3. The SMILES string of the molecule is CCc1ccc(/C=C(\C#N)c2nc(-c3ccc(Cl)cc3Cl)cs2)cc1. The Morgan fingerprint density at radius 2 is 1.96 bits per heavy atom. The van der Waals surface area contributed by atoms with Gasteiger partial charge in [-0.15, -0.1) is 11.3 Å². The number of aryl methyl sites for hydroxylation is 1. The van der Waals surface area contributed by atoms with Gasteiger partial charge in [0, 0.05) is 16.0 Å². The largest absolute Gasteiger partial charge is 0.235 e. The molecule has 0 saturated heterocycles. The van der Waals surface area contributed by atoms with E-state index in [4.69, 9.17) is 23.2 Å². The van der Waals surface area contributed by atoms with Crippen molar-refractivity contribution in [2.75, 3.05) is 0 Å². The van der Waals surface area contributed by atoms with Crippen LogP contribution in [0.3, 0.4) is 0 Å². The number of aromatic nitrogens is 1. The Morgan fingerprint density at radius 1 is 1.20 bits per heavy atom. The standard InChI is InChI=1S/C20H14Cl2N2S/c1-2-13-3-5-14(6-4-13)9-15(11-23)20-24-19(12-25-20)17-8-7-16(21)10-18(17)22/h3-10,12H,2H2,1H3/b15-9+. The molecule has 0 radical (unpaired) electrons. The highest BCUT2D eigenvalue weighted by Gasteiger charge is 2.11. The van der Waals surface area contributed by atoms with Gasteiger partial charge in [-0.3, -0.25) is 0 Å². The lowest BCUT2D eigenvalue weighted by molar-refractivity contribution is 1.14. The molecule has 3 aromatic rings. The Bertz CT molecular complexity index is 966. The molecule has 0 aliphatic rings. The van der Waals surface area contributed by atoms with Gasteiger partial charge in [-0.05, 0) is 41.8 Å². The fourth-order valence-corrected chi connectivity index (χ4v) is 3.67. The molecule has 0 unspecified atom stereocenters. The number of hydrogen-bond donors (Lipinski definition) is 0. The smallest absolute Gasteiger partial charge is 0.134 e. The van der Waals surface area contributed by atoms with E-state index in [1.165, 1.54) is 16.9 Å². The van der Waals surface area contributed by atoms with E-state index in [1.807, 2.05) is 29.7 Å². The highest BCUT2D eigenvalue weighted by atomic mass is 35.5. The summed E-state index contributed by atoms with van der Waals surface area (Å²) in [5, 5.41) is 13.2. The van der Waals surface area contributed by atoms with Gasteiger partial charge in [0.2, 0.25) is 0 Å². The number of halogens is 2. The first-order chi connectivity index (χ1) is 12.1. The maximum absolute atomic E-state index is 9.52. The molecule has 0 amide bonds. The van der Waals surface area contributed by atoms with Crippen molar-refractivity contribution in [1.82, 2.24) is 4.98 Å². The summed E-state index contributed by atoms with van der Waals surface area (Å²) in [6, 6.07) is 15.7. The number of nitriles is 1. The van der Waals surface area contributed by atoms with E-state index in [-0.39, 0.29) is 0 Å². The maximum Gasteiger partial charge on any atom is 0.134 e. The Morgan fingerprint density at radius 3 is 2.60 bits per heavy atom. The molecule has 0 fully saturated rings. The van der Waals surface area contributed by atoms with Gasteiger partial charge in [0.05, 0.1) is 16.3 Å². The Kier molecular flexibility index (Phi) is 5.55. The Balaban J connectivity index is 1.93. The van der Waals surface area contributed by atoms with Crippen molar-refractivity contribution < 1.29 is 0 Å². The van der Waals surface area contributed by atoms with Gasteiger partial charge in [-0.2, -0.15) is 5.26 Å². The van der Waals surface area contributed by atoms with Crippen LogP contribution < -0.4 is 0 Å². The van der Waals surface area contributed by atoms with Gasteiger partial charge >= 0.3 is 0 Å². The van der Waals surface area contributed by atoms with Crippen molar-refractivity contribution in [3.8, 4) is 17.3 Å². The van der Waals surface area contributed by atoms with Crippen molar-refractivity contribution in [3.63, 3.8) is 0 Å². The Labute approximate surface area is 161 Å². The maximum atomic E-state index is 9.52. The number of benzene rings is 2. The molecule has 0 spiro atoms. The second-order valence-corrected chi connectivity index (χ2v) is 7.13. The average Bonchev–Trinajstić information content (AvgIpc) is 3.09. The second-order valence-electron chi connectivity index (χ2n) is 5.43. The van der Waals surface area contributed by atoms with Crippen LogP contribution in [0.5, 0.6) is 0 Å². The number of nitrogens with zero attached hydrogens (tertiary/aromatic N) is 2. The third kappa shape index (κ3) is 4.11. The van der Waals surface area contributed by atoms with Gasteiger partial charge in [0.15, 0.2) is 0 Å². The zero-order valence-electron chi connectivity index (χ0n) is 13.5. The van der Waals surface area contributed by atoms with Crippen LogP contribution in [0.15, 0.2) is 47.8 Å². The van der Waals surface area contributed by atoms with Crippen molar-refractivity contribution in [2.24, 2.45) is 0 Å². The van der Waals surface area contributed by atoms with Crippen molar-refractivity contribution in [3.05, 3.63) is 74.0 Å². The molecule has 2 aromatic carbocycles. The normalized spacial score (nSPS) is 11.4. The molecule has 3 rings (SSSR count). The van der Waals surface area contributed by atoms with E-state index in [0.29, 0.717) is 20.6 Å². The van der Waals surface area contributed by atoms with Crippen LogP contribution in [0.25, 0.3) is 22.9 Å². The number of rotatable bonds is 4. The van der Waals surface area contributed by atoms with Gasteiger partial charge in [-0.1, -0.05) is 54.4 Å². The molecule has 25 heavy (non-hydrogen) atoms. The molecule has 1 aromatic heterocycles. The third-order valence-corrected chi connectivity index (χ3v) is 5.18. The van der Waals surface area contributed by atoms with Crippen LogP contribution in [-0.4, -0.2) is 4.98 Å². The van der Waals surface area contributed by atoms with Crippen molar-refractivity contribution in [1.29, 1.82) is 5.26 Å². The van der Waals surface area contributed by atoms with Crippen LogP contribution in [0, 0.1) is 11.3 Å². The average molecular weight is 385 g/mol. The first-order valence-corrected chi connectivity index (χ1v) is 9.36. The number of allylic oxidation sites excluding steroid dienone is 1. The number of thiazole rings is 1. The summed E-state index contributed by atoms with van der Waals surface area (Å²) in [5.74, 6) is 0. The molecule has 124 valence electrons. The molecular weight excluding hydrogens is 371 g/mol. The van der Waals surface area contributed by atoms with E-state index in [9.17, 15) is 5.26 Å². The lowest BCUT2D eigenvalue weighted by Gasteiger charge is -2.01. The van der Waals surface area contributed by atoms with Crippen LogP contribution in [0.4, 0.5) is 0 Å². The highest BCUT2D eigenvalue weighted by Crippen LogP contribution is 2.33. The molecule has 2 nitrogen and oxygen atoms in total. The molecule has 5 heteroatoms. The lowest BCUT2D eigenvalue weighted by Crippen LogP contribution is -1.85. The predicted octanol–water partition coefficient (Wildman–Crippen LogP) is 6.74. The van der Waals surface area contributed by atoms with Crippen LogP contribution in [0.1, 0.15) is 23.1 Å². The lowest BCUT2D eigenvalue weighted by atomic mass is 10.1. The van der Waals surface area contributed by atoms with E-state index in [0.717, 1.165) is 23.2 Å². The summed E-state index contributed by atoms with van der Waals surface area (Å²) in [7, 11) is 0. The van der Waals surface area contributed by atoms with Crippen LogP contribution >= 0.6 is 34.5 Å².